The van der Waals surface area contributed by atoms with E-state index in [0.29, 0.717) is 0 Å². The first kappa shape index (κ1) is 22.7. The summed E-state index contributed by atoms with van der Waals surface area (Å²) in [6, 6.07) is 0. The van der Waals surface area contributed by atoms with Gasteiger partial charge in [0.25, 0.3) is 5.97 Å². The summed E-state index contributed by atoms with van der Waals surface area (Å²) in [5, 5.41) is 7.42. The highest BCUT2D eigenvalue weighted by molar-refractivity contribution is 5.66. The number of hydrogen-bond donors (Lipinski definition) is 1. The van der Waals surface area contributed by atoms with Crippen LogP contribution in [0.15, 0.2) is 39.2 Å². The number of carbonyl (C=O) groups excluding carboxylic acids is 1. The SMILES string of the molecule is C=C.C=C.C=COC(C)=O.CC(=O)O. The first-order valence-electron chi connectivity index (χ1n) is 3.48. The highest BCUT2D eigenvalue weighted by Crippen LogP contribution is 1.70. The Labute approximate surface area is 85.2 Å². The molecule has 82 valence electrons. The summed E-state index contributed by atoms with van der Waals surface area (Å²) >= 11 is 0. The van der Waals surface area contributed by atoms with E-state index >= 15 is 0 Å². The minimum atomic E-state index is -0.833. The molecule has 0 bridgehead atoms. The summed E-state index contributed by atoms with van der Waals surface area (Å²) in [6.45, 7) is 17.6. The molecule has 0 aliphatic carbocycles. The fourth-order valence-corrected chi connectivity index (χ4v) is 0.117. The molecule has 0 atom stereocenters. The van der Waals surface area contributed by atoms with E-state index < -0.39 is 5.97 Å². The standard InChI is InChI=1S/C4H6O2.C2H4O2.2C2H4/c1-3-6-4(2)5;1-2(3)4;2*1-2/h3H,1H2,2H3;1H3,(H,3,4);2*1-2H2. The molecule has 0 radical (unpaired) electrons. The third-order valence-corrected chi connectivity index (χ3v) is 0.249. The molecule has 0 fully saturated rings. The van der Waals surface area contributed by atoms with Gasteiger partial charge in [-0.1, -0.05) is 6.58 Å². The van der Waals surface area contributed by atoms with Crippen LogP contribution in [0.1, 0.15) is 13.8 Å². The van der Waals surface area contributed by atoms with E-state index in [1.165, 1.54) is 6.92 Å². The molecule has 0 spiro atoms. The van der Waals surface area contributed by atoms with Gasteiger partial charge in [-0.25, -0.2) is 0 Å². The van der Waals surface area contributed by atoms with Crippen LogP contribution in [0.2, 0.25) is 0 Å². The number of ether oxygens (including phenoxy) is 1. The fraction of sp³-hybridized carbons (Fsp3) is 0.200. The maximum absolute atomic E-state index is 9.75. The number of hydrogen-bond acceptors (Lipinski definition) is 3. The van der Waals surface area contributed by atoms with Crippen molar-refractivity contribution in [3.63, 3.8) is 0 Å². The molecule has 0 saturated heterocycles. The molecule has 0 aromatic rings. The lowest BCUT2D eigenvalue weighted by molar-refractivity contribution is -0.136. The summed E-state index contributed by atoms with van der Waals surface area (Å²) < 4.78 is 4.17. The summed E-state index contributed by atoms with van der Waals surface area (Å²) in [5.74, 6) is -1.16. The second-order valence-electron chi connectivity index (χ2n) is 1.30. The van der Waals surface area contributed by atoms with Gasteiger partial charge in [0, 0.05) is 13.8 Å². The topological polar surface area (TPSA) is 63.6 Å². The molecule has 0 unspecified atom stereocenters. The van der Waals surface area contributed by atoms with Crippen LogP contribution in [0.5, 0.6) is 0 Å². The minimum absolute atomic E-state index is 0.329. The van der Waals surface area contributed by atoms with Crippen LogP contribution in [-0.4, -0.2) is 17.0 Å². The summed E-state index contributed by atoms with van der Waals surface area (Å²) in [5.41, 5.74) is 0. The molecule has 14 heavy (non-hydrogen) atoms. The smallest absolute Gasteiger partial charge is 0.307 e. The zero-order valence-corrected chi connectivity index (χ0v) is 8.78. The van der Waals surface area contributed by atoms with Crippen LogP contribution in [0.3, 0.4) is 0 Å². The molecule has 0 aromatic carbocycles. The Bertz CT molecular complexity index is 146. The third kappa shape index (κ3) is 634. The monoisotopic (exact) mass is 202 g/mol. The van der Waals surface area contributed by atoms with E-state index in [9.17, 15) is 4.79 Å². The second kappa shape index (κ2) is 30.4. The highest BCUT2D eigenvalue weighted by atomic mass is 16.5. The normalized spacial score (nSPS) is 5.29. The van der Waals surface area contributed by atoms with Gasteiger partial charge < -0.3 is 9.84 Å². The van der Waals surface area contributed by atoms with Crippen molar-refractivity contribution in [2.45, 2.75) is 13.8 Å². The number of esters is 1. The first-order valence-corrected chi connectivity index (χ1v) is 3.48. The Morgan fingerprint density at radius 1 is 1.14 bits per heavy atom. The molecule has 0 aromatic heterocycles. The van der Waals surface area contributed by atoms with Crippen molar-refractivity contribution >= 4 is 11.9 Å². The molecule has 0 aliphatic heterocycles. The Morgan fingerprint density at radius 2 is 1.36 bits per heavy atom. The van der Waals surface area contributed by atoms with E-state index in [2.05, 4.69) is 37.6 Å². The van der Waals surface area contributed by atoms with Crippen LogP contribution in [0, 0.1) is 0 Å². The maximum Gasteiger partial charge on any atom is 0.307 e. The Balaban J connectivity index is -0.0000000546. The predicted molar refractivity (Wildman–Crippen MR) is 57.8 cm³/mol. The van der Waals surface area contributed by atoms with Gasteiger partial charge in [-0.3, -0.25) is 9.59 Å². The third-order valence-electron chi connectivity index (χ3n) is 0.249. The van der Waals surface area contributed by atoms with Crippen molar-refractivity contribution < 1.29 is 19.4 Å². The lowest BCUT2D eigenvalue weighted by atomic mass is 10.8. The fourth-order valence-electron chi connectivity index (χ4n) is 0.117. The number of rotatable bonds is 1. The van der Waals surface area contributed by atoms with E-state index in [1.54, 1.807) is 0 Å². The van der Waals surface area contributed by atoms with Gasteiger partial charge in [-0.05, 0) is 0 Å². The maximum atomic E-state index is 9.75. The molecule has 0 aliphatic rings. The average Bonchev–Trinajstić information content (AvgIpc) is 2.10. The molecule has 0 heterocycles. The summed E-state index contributed by atoms with van der Waals surface area (Å²) in [7, 11) is 0. The van der Waals surface area contributed by atoms with Gasteiger partial charge >= 0.3 is 5.97 Å². The predicted octanol–water partition coefficient (Wildman–Crippen LogP) is 2.39. The van der Waals surface area contributed by atoms with Crippen molar-refractivity contribution in [2.24, 2.45) is 0 Å². The number of carbonyl (C=O) groups is 2. The van der Waals surface area contributed by atoms with Gasteiger partial charge in [0.05, 0.1) is 6.26 Å². The zero-order valence-electron chi connectivity index (χ0n) is 8.78. The van der Waals surface area contributed by atoms with E-state index in [-0.39, 0.29) is 5.97 Å². The quantitative estimate of drug-likeness (QED) is 0.403. The molecule has 4 nitrogen and oxygen atoms in total. The largest absolute Gasteiger partial charge is 0.481 e. The van der Waals surface area contributed by atoms with Crippen molar-refractivity contribution in [2.75, 3.05) is 0 Å². The highest BCUT2D eigenvalue weighted by Gasteiger charge is 1.79. The van der Waals surface area contributed by atoms with Crippen molar-refractivity contribution in [3.05, 3.63) is 39.2 Å². The van der Waals surface area contributed by atoms with Gasteiger partial charge in [0.2, 0.25) is 0 Å². The van der Waals surface area contributed by atoms with Crippen LogP contribution in [-0.2, 0) is 14.3 Å². The van der Waals surface area contributed by atoms with Gasteiger partial charge in [-0.15, -0.1) is 26.3 Å². The van der Waals surface area contributed by atoms with E-state index in [1.807, 2.05) is 0 Å². The second-order valence-corrected chi connectivity index (χ2v) is 1.30. The molecule has 0 rings (SSSR count). The number of aliphatic carboxylic acids is 1. The van der Waals surface area contributed by atoms with Crippen molar-refractivity contribution in [1.82, 2.24) is 0 Å². The van der Waals surface area contributed by atoms with Crippen LogP contribution >= 0.6 is 0 Å². The summed E-state index contributed by atoms with van der Waals surface area (Å²) in [6.07, 6.45) is 1.10. The average molecular weight is 202 g/mol. The molecule has 1 N–H and O–H groups in total. The number of carboxylic acid groups (broad SMARTS) is 1. The molecular formula is C10H18O4. The molecular weight excluding hydrogens is 184 g/mol. The van der Waals surface area contributed by atoms with E-state index in [4.69, 9.17) is 9.90 Å². The van der Waals surface area contributed by atoms with Crippen LogP contribution in [0.4, 0.5) is 0 Å². The lowest BCUT2D eigenvalue weighted by Gasteiger charge is -1.83. The zero-order chi connectivity index (χ0) is 12.6. The number of carboxylic acids is 1. The van der Waals surface area contributed by atoms with Gasteiger partial charge in [-0.2, -0.15) is 0 Å². The lowest BCUT2D eigenvalue weighted by Crippen LogP contribution is -1.87. The van der Waals surface area contributed by atoms with Crippen molar-refractivity contribution in [3.8, 4) is 0 Å². The van der Waals surface area contributed by atoms with Crippen LogP contribution in [0.25, 0.3) is 0 Å². The Morgan fingerprint density at radius 3 is 1.36 bits per heavy atom. The summed E-state index contributed by atoms with van der Waals surface area (Å²) in [4.78, 5) is 18.8. The van der Waals surface area contributed by atoms with Gasteiger partial charge in [0.1, 0.15) is 0 Å². The minimum Gasteiger partial charge on any atom is -0.481 e. The first-order chi connectivity index (χ1) is 6.50. The Kier molecular flexibility index (Phi) is 49.3. The molecule has 0 amide bonds. The van der Waals surface area contributed by atoms with Crippen LogP contribution < -0.4 is 0 Å². The molecule has 4 heteroatoms. The van der Waals surface area contributed by atoms with Gasteiger partial charge in [0.15, 0.2) is 0 Å². The van der Waals surface area contributed by atoms with E-state index in [0.717, 1.165) is 13.2 Å². The molecule has 0 saturated carbocycles. The van der Waals surface area contributed by atoms with Crippen molar-refractivity contribution in [1.29, 1.82) is 0 Å². The Hall–Kier alpha value is -1.84.